The fourth-order valence-electron chi connectivity index (χ4n) is 3.12. The molecule has 4 aromatic rings. The van der Waals surface area contributed by atoms with Crippen LogP contribution in [0.1, 0.15) is 19.4 Å². The fraction of sp³-hybridized carbons (Fsp3) is 0.190. The monoisotopic (exact) mass is 373 g/mol. The van der Waals surface area contributed by atoms with Crippen molar-refractivity contribution in [3.63, 3.8) is 0 Å². The summed E-state index contributed by atoms with van der Waals surface area (Å²) < 4.78 is 11.4. The van der Waals surface area contributed by atoms with Crippen LogP contribution in [-0.4, -0.2) is 28.4 Å². The van der Waals surface area contributed by atoms with E-state index in [2.05, 4.69) is 26.6 Å². The summed E-state index contributed by atoms with van der Waals surface area (Å²) in [4.78, 5) is 4.43. The summed E-state index contributed by atoms with van der Waals surface area (Å²) >= 11 is 0. The standard InChI is InChI=1S/C21H19N5O2/c1-3-27-19-8-16-18(9-20(19)28-4-2)23-11-14(10-22)21(16)25-15-5-6-17-13(7-15)12-24-26-17/h5-9,11-12H,3-4H2,1-2H3,(H,23,25)(H,24,26). The fourth-order valence-corrected chi connectivity index (χ4v) is 3.12. The van der Waals surface area contributed by atoms with E-state index in [1.54, 1.807) is 12.4 Å². The molecule has 0 radical (unpaired) electrons. The third-order valence-corrected chi connectivity index (χ3v) is 4.36. The highest BCUT2D eigenvalue weighted by Gasteiger charge is 2.15. The van der Waals surface area contributed by atoms with Gasteiger partial charge in [-0.05, 0) is 38.1 Å². The Balaban J connectivity index is 1.86. The number of anilines is 2. The van der Waals surface area contributed by atoms with Crippen molar-refractivity contribution in [1.82, 2.24) is 15.2 Å². The molecule has 0 unspecified atom stereocenters. The van der Waals surface area contributed by atoms with E-state index >= 15 is 0 Å². The first-order valence-electron chi connectivity index (χ1n) is 9.06. The highest BCUT2D eigenvalue weighted by atomic mass is 16.5. The molecule has 2 aromatic heterocycles. The second-order valence-corrected chi connectivity index (χ2v) is 6.14. The minimum absolute atomic E-state index is 0.450. The largest absolute Gasteiger partial charge is 0.490 e. The van der Waals surface area contributed by atoms with Crippen molar-refractivity contribution in [3.8, 4) is 17.6 Å². The van der Waals surface area contributed by atoms with Gasteiger partial charge in [-0.2, -0.15) is 10.4 Å². The SMILES string of the molecule is CCOc1cc2ncc(C#N)c(Nc3ccc4[nH]ncc4c3)c2cc1OCC. The van der Waals surface area contributed by atoms with Crippen molar-refractivity contribution >= 4 is 33.2 Å². The van der Waals surface area contributed by atoms with E-state index in [4.69, 9.17) is 9.47 Å². The molecular formula is C21H19N5O2. The van der Waals surface area contributed by atoms with E-state index in [-0.39, 0.29) is 0 Å². The summed E-state index contributed by atoms with van der Waals surface area (Å²) in [6.45, 7) is 4.88. The number of ether oxygens (including phenoxy) is 2. The maximum Gasteiger partial charge on any atom is 0.163 e. The van der Waals surface area contributed by atoms with E-state index in [0.29, 0.717) is 36.0 Å². The van der Waals surface area contributed by atoms with E-state index in [1.165, 1.54) is 0 Å². The third kappa shape index (κ3) is 3.16. The first-order chi connectivity index (χ1) is 13.7. The number of benzene rings is 2. The number of aromatic amines is 1. The van der Waals surface area contributed by atoms with Gasteiger partial charge in [0.05, 0.1) is 41.7 Å². The van der Waals surface area contributed by atoms with Gasteiger partial charge >= 0.3 is 0 Å². The van der Waals surface area contributed by atoms with Crippen molar-refractivity contribution in [1.29, 1.82) is 5.26 Å². The minimum atomic E-state index is 0.450. The number of nitrogens with one attached hydrogen (secondary N) is 2. The number of fused-ring (bicyclic) bond motifs is 2. The van der Waals surface area contributed by atoms with Crippen LogP contribution in [0.2, 0.25) is 0 Å². The Morgan fingerprint density at radius 3 is 2.61 bits per heavy atom. The van der Waals surface area contributed by atoms with Crippen molar-refractivity contribution < 1.29 is 9.47 Å². The number of pyridine rings is 1. The van der Waals surface area contributed by atoms with Crippen LogP contribution in [-0.2, 0) is 0 Å². The summed E-state index contributed by atoms with van der Waals surface area (Å²) in [6.07, 6.45) is 3.33. The maximum absolute atomic E-state index is 9.61. The Kier molecular flexibility index (Phi) is 4.68. The van der Waals surface area contributed by atoms with Gasteiger partial charge in [-0.3, -0.25) is 10.1 Å². The normalized spacial score (nSPS) is 10.8. The average molecular weight is 373 g/mol. The average Bonchev–Trinajstić information content (AvgIpc) is 3.17. The smallest absolute Gasteiger partial charge is 0.163 e. The van der Waals surface area contributed by atoms with Crippen LogP contribution in [0.25, 0.3) is 21.8 Å². The van der Waals surface area contributed by atoms with Gasteiger partial charge in [-0.15, -0.1) is 0 Å². The van der Waals surface area contributed by atoms with Gasteiger partial charge in [0.1, 0.15) is 6.07 Å². The van der Waals surface area contributed by atoms with E-state index in [1.807, 2.05) is 44.2 Å². The lowest BCUT2D eigenvalue weighted by atomic mass is 10.1. The molecule has 0 aliphatic rings. The number of hydrogen-bond acceptors (Lipinski definition) is 6. The molecule has 7 nitrogen and oxygen atoms in total. The van der Waals surface area contributed by atoms with Crippen LogP contribution in [0.15, 0.2) is 42.7 Å². The Morgan fingerprint density at radius 1 is 1.07 bits per heavy atom. The van der Waals surface area contributed by atoms with Gasteiger partial charge in [-0.1, -0.05) is 0 Å². The predicted octanol–water partition coefficient (Wildman–Crippen LogP) is 4.52. The summed E-state index contributed by atoms with van der Waals surface area (Å²) in [5.41, 5.74) is 3.65. The molecule has 4 rings (SSSR count). The predicted molar refractivity (Wildman–Crippen MR) is 108 cm³/mol. The Morgan fingerprint density at radius 2 is 1.86 bits per heavy atom. The van der Waals surface area contributed by atoms with Crippen molar-refractivity contribution in [2.45, 2.75) is 13.8 Å². The molecule has 2 aromatic carbocycles. The first-order valence-corrected chi connectivity index (χ1v) is 9.06. The van der Waals surface area contributed by atoms with E-state index in [9.17, 15) is 5.26 Å². The number of H-pyrrole nitrogens is 1. The van der Waals surface area contributed by atoms with Crippen molar-refractivity contribution in [2.75, 3.05) is 18.5 Å². The maximum atomic E-state index is 9.61. The topological polar surface area (TPSA) is 95.8 Å². The molecule has 0 aliphatic carbocycles. The molecular weight excluding hydrogens is 354 g/mol. The molecule has 0 amide bonds. The number of hydrogen-bond donors (Lipinski definition) is 2. The zero-order valence-electron chi connectivity index (χ0n) is 15.6. The zero-order chi connectivity index (χ0) is 19.5. The van der Waals surface area contributed by atoms with Crippen LogP contribution < -0.4 is 14.8 Å². The molecule has 0 fully saturated rings. The van der Waals surface area contributed by atoms with E-state index in [0.717, 1.165) is 27.5 Å². The molecule has 0 bridgehead atoms. The minimum Gasteiger partial charge on any atom is -0.490 e. The lowest BCUT2D eigenvalue weighted by Crippen LogP contribution is -2.01. The lowest BCUT2D eigenvalue weighted by Gasteiger charge is -2.15. The van der Waals surface area contributed by atoms with Gasteiger partial charge in [0.2, 0.25) is 0 Å². The van der Waals surface area contributed by atoms with Gasteiger partial charge in [-0.25, -0.2) is 0 Å². The molecule has 140 valence electrons. The summed E-state index contributed by atoms with van der Waals surface area (Å²) in [5.74, 6) is 1.27. The number of nitriles is 1. The zero-order valence-corrected chi connectivity index (χ0v) is 15.6. The molecule has 2 heterocycles. The van der Waals surface area contributed by atoms with E-state index < -0.39 is 0 Å². The molecule has 7 heteroatoms. The number of rotatable bonds is 6. The molecule has 0 saturated carbocycles. The van der Waals surface area contributed by atoms with Gasteiger partial charge in [0.25, 0.3) is 0 Å². The Hall–Kier alpha value is -3.79. The molecule has 0 spiro atoms. The summed E-state index contributed by atoms with van der Waals surface area (Å²) in [6, 6.07) is 11.8. The Labute approximate surface area is 161 Å². The number of nitrogens with zero attached hydrogens (tertiary/aromatic N) is 3. The van der Waals surface area contributed by atoms with Crippen LogP contribution in [0.4, 0.5) is 11.4 Å². The van der Waals surface area contributed by atoms with Gasteiger partial charge < -0.3 is 14.8 Å². The second kappa shape index (κ2) is 7.45. The van der Waals surface area contributed by atoms with Gasteiger partial charge in [0.15, 0.2) is 11.5 Å². The summed E-state index contributed by atoms with van der Waals surface area (Å²) in [5, 5.41) is 21.7. The van der Waals surface area contributed by atoms with Crippen LogP contribution in [0.5, 0.6) is 11.5 Å². The van der Waals surface area contributed by atoms with Crippen molar-refractivity contribution in [2.24, 2.45) is 0 Å². The van der Waals surface area contributed by atoms with Crippen LogP contribution in [0.3, 0.4) is 0 Å². The molecule has 28 heavy (non-hydrogen) atoms. The molecule has 0 aliphatic heterocycles. The van der Waals surface area contributed by atoms with Crippen LogP contribution in [0, 0.1) is 11.3 Å². The molecule has 0 atom stereocenters. The van der Waals surface area contributed by atoms with Crippen molar-refractivity contribution in [3.05, 3.63) is 48.3 Å². The highest BCUT2D eigenvalue weighted by molar-refractivity contribution is 5.98. The quantitative estimate of drug-likeness (QED) is 0.516. The molecule has 2 N–H and O–H groups in total. The second-order valence-electron chi connectivity index (χ2n) is 6.14. The summed E-state index contributed by atoms with van der Waals surface area (Å²) in [7, 11) is 0. The lowest BCUT2D eigenvalue weighted by molar-refractivity contribution is 0.288. The highest BCUT2D eigenvalue weighted by Crippen LogP contribution is 2.37. The van der Waals surface area contributed by atoms with Gasteiger partial charge in [0, 0.05) is 28.7 Å². The first kappa shape index (κ1) is 17.6. The Bertz CT molecular complexity index is 1190. The number of aromatic nitrogens is 3. The third-order valence-electron chi connectivity index (χ3n) is 4.36. The molecule has 0 saturated heterocycles. The van der Waals surface area contributed by atoms with Crippen LogP contribution >= 0.6 is 0 Å².